The minimum Gasteiger partial charge on any atom is -0.379 e. The van der Waals surface area contributed by atoms with E-state index in [9.17, 15) is 4.79 Å². The molecule has 3 heterocycles. The highest BCUT2D eigenvalue weighted by Crippen LogP contribution is 2.21. The van der Waals surface area contributed by atoms with Gasteiger partial charge >= 0.3 is 0 Å². The average Bonchev–Trinajstić information content (AvgIpc) is 2.88. The van der Waals surface area contributed by atoms with Gasteiger partial charge in [0.25, 0.3) is 5.56 Å². The summed E-state index contributed by atoms with van der Waals surface area (Å²) in [4.78, 5) is 25.1. The summed E-state index contributed by atoms with van der Waals surface area (Å²) < 4.78 is 5.34. The third-order valence-electron chi connectivity index (χ3n) is 3.89. The van der Waals surface area contributed by atoms with Crippen molar-refractivity contribution in [1.82, 2.24) is 19.9 Å². The molecule has 0 amide bonds. The zero-order valence-corrected chi connectivity index (χ0v) is 11.6. The van der Waals surface area contributed by atoms with Gasteiger partial charge in [-0.3, -0.25) is 9.69 Å². The Hall–Kier alpha value is -2.18. The van der Waals surface area contributed by atoms with Gasteiger partial charge in [-0.2, -0.15) is 0 Å². The Morgan fingerprint density at radius 2 is 2.00 bits per heavy atom. The van der Waals surface area contributed by atoms with Gasteiger partial charge in [0.05, 0.1) is 19.8 Å². The molecule has 0 aliphatic carbocycles. The number of H-pyrrole nitrogens is 2. The number of hydrogen-bond donors (Lipinski definition) is 2. The van der Waals surface area contributed by atoms with Crippen LogP contribution in [0, 0.1) is 0 Å². The molecule has 0 unspecified atom stereocenters. The number of benzene rings is 1. The van der Waals surface area contributed by atoms with Crippen molar-refractivity contribution in [3.8, 4) is 0 Å². The monoisotopic (exact) mass is 284 g/mol. The number of nitrogens with one attached hydrogen (secondary N) is 2. The highest BCUT2D eigenvalue weighted by molar-refractivity contribution is 6.04. The molecule has 0 bridgehead atoms. The summed E-state index contributed by atoms with van der Waals surface area (Å²) in [6.45, 7) is 3.86. The summed E-state index contributed by atoms with van der Waals surface area (Å²) in [5, 5.41) is 0.988. The molecule has 1 fully saturated rings. The van der Waals surface area contributed by atoms with Crippen LogP contribution in [0.3, 0.4) is 0 Å². The van der Waals surface area contributed by atoms with Gasteiger partial charge in [-0.25, -0.2) is 4.98 Å². The van der Waals surface area contributed by atoms with Gasteiger partial charge in [-0.1, -0.05) is 18.2 Å². The molecule has 1 aromatic carbocycles. The summed E-state index contributed by atoms with van der Waals surface area (Å²) in [6.07, 6.45) is 0. The maximum Gasteiger partial charge on any atom is 0.275 e. The van der Waals surface area contributed by atoms with Gasteiger partial charge in [0, 0.05) is 24.0 Å². The summed E-state index contributed by atoms with van der Waals surface area (Å²) >= 11 is 0. The van der Waals surface area contributed by atoms with Crippen LogP contribution in [-0.4, -0.2) is 46.2 Å². The largest absolute Gasteiger partial charge is 0.379 e. The second kappa shape index (κ2) is 4.98. The lowest BCUT2D eigenvalue weighted by atomic mass is 10.2. The number of para-hydroxylation sites is 1. The minimum atomic E-state index is -0.112. The van der Waals surface area contributed by atoms with E-state index in [4.69, 9.17) is 4.74 Å². The van der Waals surface area contributed by atoms with Crippen molar-refractivity contribution in [1.29, 1.82) is 0 Å². The van der Waals surface area contributed by atoms with Gasteiger partial charge in [0.1, 0.15) is 16.9 Å². The average molecular weight is 284 g/mol. The van der Waals surface area contributed by atoms with Gasteiger partial charge in [0.15, 0.2) is 0 Å². The van der Waals surface area contributed by atoms with E-state index in [1.54, 1.807) is 0 Å². The normalized spacial score (nSPS) is 16.8. The molecule has 1 saturated heterocycles. The van der Waals surface area contributed by atoms with Gasteiger partial charge in [-0.15, -0.1) is 0 Å². The molecular formula is C15H16N4O2. The second-order valence-corrected chi connectivity index (χ2v) is 5.30. The van der Waals surface area contributed by atoms with E-state index in [2.05, 4.69) is 19.9 Å². The third-order valence-corrected chi connectivity index (χ3v) is 3.89. The summed E-state index contributed by atoms with van der Waals surface area (Å²) in [5.74, 6) is 0.708. The quantitative estimate of drug-likeness (QED) is 0.742. The molecule has 108 valence electrons. The number of fused-ring (bicyclic) bond motifs is 3. The zero-order chi connectivity index (χ0) is 14.2. The first-order valence-corrected chi connectivity index (χ1v) is 7.11. The Bertz CT molecular complexity index is 846. The Morgan fingerprint density at radius 1 is 1.19 bits per heavy atom. The highest BCUT2D eigenvalue weighted by Gasteiger charge is 2.14. The lowest BCUT2D eigenvalue weighted by Gasteiger charge is -2.25. The maximum absolute atomic E-state index is 12.2. The van der Waals surface area contributed by atoms with Crippen LogP contribution in [0.2, 0.25) is 0 Å². The first kappa shape index (κ1) is 12.6. The van der Waals surface area contributed by atoms with E-state index in [0.29, 0.717) is 17.9 Å². The second-order valence-electron chi connectivity index (χ2n) is 5.30. The van der Waals surface area contributed by atoms with Crippen molar-refractivity contribution < 1.29 is 4.74 Å². The standard InChI is InChI=1S/C15H16N4O2/c20-15-14-13(10-3-1-2-4-11(10)16-14)17-12(18-15)9-19-5-7-21-8-6-19/h1-4,16H,5-9H2,(H,17,18,20). The molecule has 2 N–H and O–H groups in total. The fourth-order valence-electron chi connectivity index (χ4n) is 2.81. The van der Waals surface area contributed by atoms with Crippen molar-refractivity contribution in [3.63, 3.8) is 0 Å². The molecule has 0 saturated carbocycles. The molecule has 0 atom stereocenters. The number of morpholine rings is 1. The van der Waals surface area contributed by atoms with Crippen LogP contribution in [0.1, 0.15) is 5.82 Å². The van der Waals surface area contributed by atoms with Gasteiger partial charge < -0.3 is 14.7 Å². The SMILES string of the molecule is O=c1[nH]c(CN2CCOCC2)nc2c1[nH]c1ccccc12. The van der Waals surface area contributed by atoms with Crippen LogP contribution in [0.15, 0.2) is 29.1 Å². The number of rotatable bonds is 2. The lowest BCUT2D eigenvalue weighted by molar-refractivity contribution is 0.0331. The van der Waals surface area contributed by atoms with Gasteiger partial charge in [0.2, 0.25) is 0 Å². The fraction of sp³-hybridized carbons (Fsp3) is 0.333. The number of nitrogens with zero attached hydrogens (tertiary/aromatic N) is 2. The Kier molecular flexibility index (Phi) is 2.98. The first-order chi connectivity index (χ1) is 10.3. The summed E-state index contributed by atoms with van der Waals surface area (Å²) in [6, 6.07) is 7.85. The van der Waals surface area contributed by atoms with E-state index in [1.165, 1.54) is 0 Å². The van der Waals surface area contributed by atoms with Crippen molar-refractivity contribution in [3.05, 3.63) is 40.4 Å². The predicted molar refractivity (Wildman–Crippen MR) is 80.3 cm³/mol. The van der Waals surface area contributed by atoms with Crippen molar-refractivity contribution >= 4 is 21.9 Å². The molecule has 6 nitrogen and oxygen atoms in total. The smallest absolute Gasteiger partial charge is 0.275 e. The topological polar surface area (TPSA) is 74.0 Å². The fourth-order valence-corrected chi connectivity index (χ4v) is 2.81. The number of aromatic nitrogens is 3. The van der Waals surface area contributed by atoms with Crippen LogP contribution in [0.5, 0.6) is 0 Å². The molecule has 3 aromatic rings. The van der Waals surface area contributed by atoms with E-state index < -0.39 is 0 Å². The van der Waals surface area contributed by atoms with Crippen LogP contribution >= 0.6 is 0 Å². The molecule has 0 radical (unpaired) electrons. The van der Waals surface area contributed by atoms with Crippen molar-refractivity contribution in [2.45, 2.75) is 6.54 Å². The maximum atomic E-state index is 12.2. The highest BCUT2D eigenvalue weighted by atomic mass is 16.5. The van der Waals surface area contributed by atoms with E-state index in [1.807, 2.05) is 24.3 Å². The van der Waals surface area contributed by atoms with E-state index >= 15 is 0 Å². The molecule has 0 spiro atoms. The van der Waals surface area contributed by atoms with Crippen molar-refractivity contribution in [2.75, 3.05) is 26.3 Å². The molecule has 1 aliphatic heterocycles. The molecule has 21 heavy (non-hydrogen) atoms. The first-order valence-electron chi connectivity index (χ1n) is 7.11. The van der Waals surface area contributed by atoms with Crippen LogP contribution in [0.25, 0.3) is 21.9 Å². The van der Waals surface area contributed by atoms with Crippen LogP contribution in [0.4, 0.5) is 0 Å². The molecule has 2 aromatic heterocycles. The van der Waals surface area contributed by atoms with Crippen LogP contribution < -0.4 is 5.56 Å². The summed E-state index contributed by atoms with van der Waals surface area (Å²) in [5.41, 5.74) is 2.12. The Labute approximate surface area is 120 Å². The number of ether oxygens (including phenoxy) is 1. The summed E-state index contributed by atoms with van der Waals surface area (Å²) in [7, 11) is 0. The molecule has 6 heteroatoms. The minimum absolute atomic E-state index is 0.112. The Morgan fingerprint density at radius 3 is 2.86 bits per heavy atom. The zero-order valence-electron chi connectivity index (χ0n) is 11.6. The Balaban J connectivity index is 1.79. The van der Waals surface area contributed by atoms with Crippen molar-refractivity contribution in [2.24, 2.45) is 0 Å². The number of aromatic amines is 2. The lowest BCUT2D eigenvalue weighted by Crippen LogP contribution is -2.36. The molecule has 4 rings (SSSR count). The third kappa shape index (κ3) is 2.22. The van der Waals surface area contributed by atoms with E-state index in [-0.39, 0.29) is 5.56 Å². The molecule has 1 aliphatic rings. The number of hydrogen-bond acceptors (Lipinski definition) is 4. The van der Waals surface area contributed by atoms with Gasteiger partial charge in [-0.05, 0) is 6.07 Å². The van der Waals surface area contributed by atoms with Crippen LogP contribution in [-0.2, 0) is 11.3 Å². The predicted octanol–water partition coefficient (Wildman–Crippen LogP) is 1.24. The van der Waals surface area contributed by atoms with E-state index in [0.717, 1.165) is 42.7 Å². The molecular weight excluding hydrogens is 268 g/mol.